The molecule has 0 fully saturated rings. The molecule has 2 atom stereocenters. The first-order valence-electron chi connectivity index (χ1n) is 18.8. The van der Waals surface area contributed by atoms with Gasteiger partial charge in [-0.15, -0.1) is 0 Å². The van der Waals surface area contributed by atoms with Crippen molar-refractivity contribution >= 4 is 39.2 Å². The SMILES string of the molecule is CC1(C)C2=C(CC3=C4C2=C2C=CC=CC2N4C2C=CC=CC2=[N+]3c2nc(-c3ccccc3)nc(-c3ccccc3)n2)n2c3ccccc3c3cccc1c32. The summed E-state index contributed by atoms with van der Waals surface area (Å²) in [4.78, 5) is 18.4. The molecule has 0 amide bonds. The number of benzene rings is 4. The molecular formula is C48H35N6+. The third-order valence-corrected chi connectivity index (χ3v) is 12.2. The highest BCUT2D eigenvalue weighted by Gasteiger charge is 2.54. The molecule has 0 spiro atoms. The van der Waals surface area contributed by atoms with Gasteiger partial charge in [-0.3, -0.25) is 0 Å². The van der Waals surface area contributed by atoms with E-state index in [2.05, 4.69) is 143 Å². The second-order valence-corrected chi connectivity index (χ2v) is 15.4. The molecule has 6 heteroatoms. The van der Waals surface area contributed by atoms with Crippen LogP contribution in [-0.2, 0) is 5.41 Å². The van der Waals surface area contributed by atoms with Crippen molar-refractivity contribution in [3.05, 3.63) is 185 Å². The first-order chi connectivity index (χ1) is 26.6. The van der Waals surface area contributed by atoms with E-state index in [0.717, 1.165) is 16.8 Å². The zero-order chi connectivity index (χ0) is 35.7. The zero-order valence-corrected chi connectivity index (χ0v) is 30.0. The highest BCUT2D eigenvalue weighted by molar-refractivity contribution is 6.13. The topological polar surface area (TPSA) is 49.9 Å². The summed E-state index contributed by atoms with van der Waals surface area (Å²) >= 11 is 0. The second kappa shape index (κ2) is 10.7. The average molecular weight is 696 g/mol. The molecule has 4 aromatic carbocycles. The summed E-state index contributed by atoms with van der Waals surface area (Å²) in [6.45, 7) is 4.87. The highest BCUT2D eigenvalue weighted by Crippen LogP contribution is 2.59. The fourth-order valence-corrected chi connectivity index (χ4v) is 9.99. The largest absolute Gasteiger partial charge is 0.442 e. The van der Waals surface area contributed by atoms with Gasteiger partial charge in [0.2, 0.25) is 11.6 Å². The maximum Gasteiger partial charge on any atom is 0.442 e. The van der Waals surface area contributed by atoms with E-state index in [-0.39, 0.29) is 17.5 Å². The van der Waals surface area contributed by atoms with Gasteiger partial charge in [0, 0.05) is 45.0 Å². The molecule has 3 aliphatic carbocycles. The summed E-state index contributed by atoms with van der Waals surface area (Å²) in [6, 6.07) is 36.5. The van der Waals surface area contributed by atoms with E-state index >= 15 is 0 Å². The zero-order valence-electron chi connectivity index (χ0n) is 30.0. The minimum Gasteiger partial charge on any atom is -0.344 e. The molecule has 6 aliphatic rings. The van der Waals surface area contributed by atoms with E-state index < -0.39 is 0 Å². The Morgan fingerprint density at radius 2 is 1.33 bits per heavy atom. The molecule has 0 saturated heterocycles. The van der Waals surface area contributed by atoms with Gasteiger partial charge in [-0.1, -0.05) is 129 Å². The molecular weight excluding hydrogens is 661 g/mol. The van der Waals surface area contributed by atoms with Crippen LogP contribution < -0.4 is 0 Å². The summed E-state index contributed by atoms with van der Waals surface area (Å²) in [5.41, 5.74) is 14.7. The van der Waals surface area contributed by atoms with Crippen molar-refractivity contribution in [2.75, 3.05) is 0 Å². The number of rotatable bonds is 3. The van der Waals surface area contributed by atoms with Gasteiger partial charge in [0.15, 0.2) is 0 Å². The quantitative estimate of drug-likeness (QED) is 0.173. The van der Waals surface area contributed by atoms with Crippen LogP contribution in [0, 0.1) is 0 Å². The standard InChI is InChI=1S/C48H35N6/c1-48(2)34-23-15-22-32-31-20-9-11-24-35(31)53(43(32)34)39-28-40-44-41(42(39)48)33-21-10-12-25-36(33)52(44)37-26-13-14-27-38(37)54(40)47-50-45(29-16-5-3-6-17-29)49-46(51-47)30-18-7-4-8-19-30/h3-27,36-37H,28H2,1-2H3/q+1. The molecule has 0 saturated carbocycles. The van der Waals surface area contributed by atoms with E-state index in [4.69, 9.17) is 15.0 Å². The summed E-state index contributed by atoms with van der Waals surface area (Å²) in [7, 11) is 0. The number of hydrogen-bond acceptors (Lipinski definition) is 4. The third kappa shape index (κ3) is 3.84. The first-order valence-corrected chi connectivity index (χ1v) is 18.8. The van der Waals surface area contributed by atoms with Crippen molar-refractivity contribution in [2.45, 2.75) is 37.8 Å². The molecule has 3 aliphatic heterocycles. The summed E-state index contributed by atoms with van der Waals surface area (Å²) in [5.74, 6) is 1.95. The Morgan fingerprint density at radius 1 is 0.667 bits per heavy atom. The fourth-order valence-electron chi connectivity index (χ4n) is 9.99. The van der Waals surface area contributed by atoms with E-state index in [0.29, 0.717) is 24.0 Å². The van der Waals surface area contributed by atoms with Gasteiger partial charge >= 0.3 is 5.95 Å². The first kappa shape index (κ1) is 29.9. The second-order valence-electron chi connectivity index (χ2n) is 15.4. The fraction of sp³-hybridized carbons (Fsp3) is 0.125. The lowest BCUT2D eigenvalue weighted by Gasteiger charge is -2.45. The predicted octanol–water partition coefficient (Wildman–Crippen LogP) is 9.83. The Bertz CT molecular complexity index is 2870. The van der Waals surface area contributed by atoms with Gasteiger partial charge in [0.1, 0.15) is 17.5 Å². The Hall–Kier alpha value is -6.66. The predicted molar refractivity (Wildman–Crippen MR) is 216 cm³/mol. The Balaban J connectivity index is 1.19. The van der Waals surface area contributed by atoms with Gasteiger partial charge in [0.25, 0.3) is 0 Å². The number of allylic oxidation sites excluding steroid dienone is 6. The molecule has 6 nitrogen and oxygen atoms in total. The van der Waals surface area contributed by atoms with Crippen molar-refractivity contribution in [1.29, 1.82) is 0 Å². The monoisotopic (exact) mass is 695 g/mol. The third-order valence-electron chi connectivity index (χ3n) is 12.2. The van der Waals surface area contributed by atoms with E-state index in [9.17, 15) is 0 Å². The molecule has 0 bridgehead atoms. The van der Waals surface area contributed by atoms with Crippen LogP contribution >= 0.6 is 0 Å². The lowest BCUT2D eigenvalue weighted by Crippen LogP contribution is -2.50. The van der Waals surface area contributed by atoms with Crippen LogP contribution in [0.2, 0.25) is 0 Å². The lowest BCUT2D eigenvalue weighted by molar-refractivity contribution is -0.402. The van der Waals surface area contributed by atoms with Gasteiger partial charge in [-0.2, -0.15) is 9.56 Å². The summed E-state index contributed by atoms with van der Waals surface area (Å²) in [5, 5.41) is 2.59. The molecule has 2 aromatic heterocycles. The van der Waals surface area contributed by atoms with Gasteiger partial charge in [-0.05, 0) is 63.1 Å². The average Bonchev–Trinajstić information content (AvgIpc) is 3.75. The Labute approximate surface area is 313 Å². The lowest BCUT2D eigenvalue weighted by atomic mass is 9.68. The highest BCUT2D eigenvalue weighted by atomic mass is 15.3. The van der Waals surface area contributed by atoms with Crippen molar-refractivity contribution in [3.63, 3.8) is 0 Å². The van der Waals surface area contributed by atoms with Crippen LogP contribution in [-0.4, -0.2) is 46.8 Å². The molecule has 0 N–H and O–H groups in total. The Kier molecular flexibility index (Phi) is 5.92. The molecule has 256 valence electrons. The van der Waals surface area contributed by atoms with Crippen molar-refractivity contribution in [3.8, 4) is 22.8 Å². The smallest absolute Gasteiger partial charge is 0.344 e. The van der Waals surface area contributed by atoms with Crippen molar-refractivity contribution < 1.29 is 4.58 Å². The molecule has 5 heterocycles. The minimum atomic E-state index is -0.249. The number of nitrogens with zero attached hydrogens (tertiary/aromatic N) is 6. The number of para-hydroxylation sites is 2. The van der Waals surface area contributed by atoms with Crippen LogP contribution in [0.15, 0.2) is 180 Å². The summed E-state index contributed by atoms with van der Waals surface area (Å²) in [6.07, 6.45) is 18.8. The van der Waals surface area contributed by atoms with E-state index in [1.165, 1.54) is 61.2 Å². The van der Waals surface area contributed by atoms with Gasteiger partial charge in [0.05, 0.1) is 22.8 Å². The molecule has 12 rings (SSSR count). The van der Waals surface area contributed by atoms with Crippen LogP contribution in [0.3, 0.4) is 0 Å². The van der Waals surface area contributed by atoms with Crippen LogP contribution in [0.25, 0.3) is 50.3 Å². The maximum atomic E-state index is 5.35. The van der Waals surface area contributed by atoms with Crippen LogP contribution in [0.1, 0.15) is 25.8 Å². The summed E-state index contributed by atoms with van der Waals surface area (Å²) < 4.78 is 4.96. The maximum absolute atomic E-state index is 5.35. The molecule has 54 heavy (non-hydrogen) atoms. The number of fused-ring (bicyclic) bond motifs is 9. The Morgan fingerprint density at radius 3 is 2.09 bits per heavy atom. The van der Waals surface area contributed by atoms with Gasteiger partial charge < -0.3 is 9.47 Å². The number of hydrogen-bond donors (Lipinski definition) is 0. The molecule has 6 aromatic rings. The van der Waals surface area contributed by atoms with Crippen LogP contribution in [0.4, 0.5) is 5.95 Å². The number of aromatic nitrogens is 4. The van der Waals surface area contributed by atoms with Crippen LogP contribution in [0.5, 0.6) is 0 Å². The van der Waals surface area contributed by atoms with E-state index in [1.807, 2.05) is 36.4 Å². The minimum absolute atomic E-state index is 0.0141. The van der Waals surface area contributed by atoms with Crippen molar-refractivity contribution in [1.82, 2.24) is 24.4 Å². The van der Waals surface area contributed by atoms with Gasteiger partial charge in [-0.25, -0.2) is 0 Å². The normalized spacial score (nSPS) is 21.3. The molecule has 2 unspecified atom stereocenters. The van der Waals surface area contributed by atoms with E-state index in [1.54, 1.807) is 0 Å². The molecule has 0 radical (unpaired) electrons. The van der Waals surface area contributed by atoms with Crippen molar-refractivity contribution in [2.24, 2.45) is 0 Å².